The Morgan fingerprint density at radius 1 is 1.25 bits per heavy atom. The van der Waals surface area contributed by atoms with E-state index >= 15 is 0 Å². The second kappa shape index (κ2) is 5.85. The first-order chi connectivity index (χ1) is 7.66. The summed E-state index contributed by atoms with van der Waals surface area (Å²) in [5.41, 5.74) is 1.11. The lowest BCUT2D eigenvalue weighted by molar-refractivity contribution is 0.187. The van der Waals surface area contributed by atoms with Crippen LogP contribution in [-0.4, -0.2) is 19.8 Å². The Kier molecular flexibility index (Phi) is 4.70. The number of rotatable bonds is 3. The van der Waals surface area contributed by atoms with Crippen molar-refractivity contribution in [2.24, 2.45) is 5.92 Å². The molecule has 1 aliphatic heterocycles. The van der Waals surface area contributed by atoms with Crippen LogP contribution in [0, 0.1) is 5.92 Å². The molecule has 16 heavy (non-hydrogen) atoms. The molecule has 1 fully saturated rings. The summed E-state index contributed by atoms with van der Waals surface area (Å²) >= 11 is 10.6. The fraction of sp³-hybridized carbons (Fsp3) is 0.455. The zero-order valence-corrected chi connectivity index (χ0v) is 13.4. The first-order valence-electron chi connectivity index (χ1n) is 5.13. The maximum atomic E-state index is 5.35. The normalized spacial score (nSPS) is 20.1. The van der Waals surface area contributed by atoms with Crippen LogP contribution in [0.1, 0.15) is 6.42 Å². The van der Waals surface area contributed by atoms with Gasteiger partial charge in [-0.2, -0.15) is 0 Å². The molecule has 5 heteroatoms. The number of ether oxygens (including phenoxy) is 1. The van der Waals surface area contributed by atoms with Crippen LogP contribution in [0.3, 0.4) is 0 Å². The molecule has 1 atom stereocenters. The molecule has 1 N–H and O–H groups in total. The van der Waals surface area contributed by atoms with Gasteiger partial charge in [0.1, 0.15) is 0 Å². The highest BCUT2D eigenvalue weighted by molar-refractivity contribution is 9.11. The van der Waals surface area contributed by atoms with E-state index in [1.165, 1.54) is 0 Å². The molecular formula is C11H12Br3NO. The predicted molar refractivity (Wildman–Crippen MR) is 77.0 cm³/mol. The van der Waals surface area contributed by atoms with E-state index in [1.54, 1.807) is 0 Å². The van der Waals surface area contributed by atoms with Gasteiger partial charge in [0, 0.05) is 32.5 Å². The first-order valence-corrected chi connectivity index (χ1v) is 7.51. The Bertz CT molecular complexity index is 354. The summed E-state index contributed by atoms with van der Waals surface area (Å²) in [6, 6.07) is 4.08. The number of hydrogen-bond donors (Lipinski definition) is 1. The highest BCUT2D eigenvalue weighted by atomic mass is 79.9. The largest absolute Gasteiger partial charge is 0.383 e. The van der Waals surface area contributed by atoms with E-state index in [4.69, 9.17) is 4.74 Å². The lowest BCUT2D eigenvalue weighted by Crippen LogP contribution is -2.14. The van der Waals surface area contributed by atoms with Gasteiger partial charge < -0.3 is 10.1 Å². The average Bonchev–Trinajstić information content (AvgIpc) is 2.68. The number of halogens is 3. The molecule has 0 amide bonds. The molecule has 0 saturated carbocycles. The molecule has 0 aliphatic carbocycles. The van der Waals surface area contributed by atoms with E-state index in [0.29, 0.717) is 5.92 Å². The van der Waals surface area contributed by atoms with Crippen LogP contribution in [0.25, 0.3) is 0 Å². The van der Waals surface area contributed by atoms with Gasteiger partial charge in [0.25, 0.3) is 0 Å². The third kappa shape index (κ3) is 3.22. The number of anilines is 1. The second-order valence-electron chi connectivity index (χ2n) is 3.85. The van der Waals surface area contributed by atoms with Crippen LogP contribution in [0.5, 0.6) is 0 Å². The summed E-state index contributed by atoms with van der Waals surface area (Å²) < 4.78 is 8.54. The molecule has 0 radical (unpaired) electrons. The molecule has 1 aromatic carbocycles. The van der Waals surface area contributed by atoms with E-state index in [-0.39, 0.29) is 0 Å². The Balaban J connectivity index is 2.03. The van der Waals surface area contributed by atoms with E-state index in [0.717, 1.165) is 45.3 Å². The molecule has 0 spiro atoms. The lowest BCUT2D eigenvalue weighted by Gasteiger charge is -2.14. The number of nitrogens with one attached hydrogen (secondary N) is 1. The van der Waals surface area contributed by atoms with Gasteiger partial charge in [-0.15, -0.1) is 0 Å². The van der Waals surface area contributed by atoms with Gasteiger partial charge >= 0.3 is 0 Å². The van der Waals surface area contributed by atoms with E-state index in [1.807, 2.05) is 12.1 Å². The van der Waals surface area contributed by atoms with Gasteiger partial charge in [-0.1, -0.05) is 15.9 Å². The molecule has 1 aliphatic rings. The van der Waals surface area contributed by atoms with E-state index in [2.05, 4.69) is 53.1 Å². The Morgan fingerprint density at radius 3 is 2.50 bits per heavy atom. The molecule has 0 bridgehead atoms. The summed E-state index contributed by atoms with van der Waals surface area (Å²) in [6.07, 6.45) is 1.15. The minimum atomic E-state index is 0.627. The summed E-state index contributed by atoms with van der Waals surface area (Å²) in [6.45, 7) is 2.73. The highest BCUT2D eigenvalue weighted by Crippen LogP contribution is 2.34. The molecule has 1 unspecified atom stereocenters. The van der Waals surface area contributed by atoms with Crippen molar-refractivity contribution in [2.75, 3.05) is 25.1 Å². The Labute approximate surface area is 121 Å². The van der Waals surface area contributed by atoms with Crippen LogP contribution < -0.4 is 5.32 Å². The van der Waals surface area contributed by atoms with Crippen molar-refractivity contribution < 1.29 is 4.74 Å². The van der Waals surface area contributed by atoms with Gasteiger partial charge in [-0.05, 0) is 50.4 Å². The van der Waals surface area contributed by atoms with Crippen molar-refractivity contribution in [3.05, 3.63) is 25.6 Å². The van der Waals surface area contributed by atoms with Crippen molar-refractivity contribution in [2.45, 2.75) is 6.42 Å². The fourth-order valence-electron chi connectivity index (χ4n) is 1.70. The Morgan fingerprint density at radius 2 is 1.94 bits per heavy atom. The van der Waals surface area contributed by atoms with Crippen LogP contribution in [-0.2, 0) is 4.74 Å². The maximum absolute atomic E-state index is 5.35. The van der Waals surface area contributed by atoms with Crippen molar-refractivity contribution in [3.63, 3.8) is 0 Å². The zero-order valence-electron chi connectivity index (χ0n) is 8.60. The standard InChI is InChI=1S/C11H12Br3NO/c12-8-3-9(13)11(10(14)4-8)15-5-7-1-2-16-6-7/h3-4,7,15H,1-2,5-6H2. The van der Waals surface area contributed by atoms with Gasteiger partial charge in [-0.3, -0.25) is 0 Å². The van der Waals surface area contributed by atoms with Gasteiger partial charge in [0.2, 0.25) is 0 Å². The molecule has 2 nitrogen and oxygen atoms in total. The quantitative estimate of drug-likeness (QED) is 0.791. The monoisotopic (exact) mass is 411 g/mol. The minimum absolute atomic E-state index is 0.627. The highest BCUT2D eigenvalue weighted by Gasteiger charge is 2.16. The summed E-state index contributed by atoms with van der Waals surface area (Å²) in [5, 5.41) is 3.46. The van der Waals surface area contributed by atoms with Gasteiger partial charge in [-0.25, -0.2) is 0 Å². The van der Waals surface area contributed by atoms with Crippen molar-refractivity contribution in [1.29, 1.82) is 0 Å². The summed E-state index contributed by atoms with van der Waals surface area (Å²) in [4.78, 5) is 0. The zero-order chi connectivity index (χ0) is 11.5. The smallest absolute Gasteiger partial charge is 0.0629 e. The van der Waals surface area contributed by atoms with Crippen LogP contribution in [0.4, 0.5) is 5.69 Å². The number of hydrogen-bond acceptors (Lipinski definition) is 2. The third-order valence-electron chi connectivity index (χ3n) is 2.60. The van der Waals surface area contributed by atoms with Crippen LogP contribution in [0.15, 0.2) is 25.6 Å². The maximum Gasteiger partial charge on any atom is 0.0629 e. The van der Waals surface area contributed by atoms with Crippen molar-refractivity contribution >= 4 is 53.5 Å². The third-order valence-corrected chi connectivity index (χ3v) is 4.31. The van der Waals surface area contributed by atoms with Crippen LogP contribution >= 0.6 is 47.8 Å². The molecular weight excluding hydrogens is 402 g/mol. The van der Waals surface area contributed by atoms with Gasteiger partial charge in [0.05, 0.1) is 12.3 Å². The minimum Gasteiger partial charge on any atom is -0.383 e. The Hall–Kier alpha value is 0.420. The van der Waals surface area contributed by atoms with Gasteiger partial charge in [0.15, 0.2) is 0 Å². The van der Waals surface area contributed by atoms with Crippen molar-refractivity contribution in [1.82, 2.24) is 0 Å². The topological polar surface area (TPSA) is 21.3 Å². The first kappa shape index (κ1) is 12.9. The fourth-order valence-corrected chi connectivity index (χ4v) is 4.24. The average molecular weight is 414 g/mol. The van der Waals surface area contributed by atoms with E-state index < -0.39 is 0 Å². The molecule has 1 heterocycles. The molecule has 1 saturated heterocycles. The van der Waals surface area contributed by atoms with E-state index in [9.17, 15) is 0 Å². The van der Waals surface area contributed by atoms with Crippen LogP contribution in [0.2, 0.25) is 0 Å². The molecule has 1 aromatic rings. The summed E-state index contributed by atoms with van der Waals surface area (Å²) in [7, 11) is 0. The lowest BCUT2D eigenvalue weighted by atomic mass is 10.1. The SMILES string of the molecule is Brc1cc(Br)c(NCC2CCOC2)c(Br)c1. The molecule has 0 aromatic heterocycles. The molecule has 88 valence electrons. The summed E-state index contributed by atoms with van der Waals surface area (Å²) in [5.74, 6) is 0.627. The second-order valence-corrected chi connectivity index (χ2v) is 6.48. The molecule has 2 rings (SSSR count). The number of benzene rings is 1. The van der Waals surface area contributed by atoms with Crippen molar-refractivity contribution in [3.8, 4) is 0 Å². The predicted octanol–water partition coefficient (Wildman–Crippen LogP) is 4.42.